The quantitative estimate of drug-likeness (QED) is 0.206. The van der Waals surface area contributed by atoms with E-state index < -0.39 is 0 Å². The Balaban J connectivity index is 1.23. The SMILES string of the molecule is Clc1cccc2cccc(-c3ccc(/C(=N\COCCc4cccnc4)N4CC5CCC(C4)N5)cn3)c12. The van der Waals surface area contributed by atoms with Gasteiger partial charge in [0.05, 0.1) is 12.3 Å². The number of aromatic nitrogens is 2. The average Bonchev–Trinajstić information content (AvgIpc) is 3.28. The van der Waals surface area contributed by atoms with Gasteiger partial charge in [-0.1, -0.05) is 48.0 Å². The second-order valence-electron chi connectivity index (χ2n) is 9.75. The van der Waals surface area contributed by atoms with E-state index in [1.165, 1.54) is 18.4 Å². The van der Waals surface area contributed by atoms with E-state index in [2.05, 4.69) is 57.7 Å². The van der Waals surface area contributed by atoms with Crippen LogP contribution in [0.15, 0.2) is 84.2 Å². The smallest absolute Gasteiger partial charge is 0.139 e. The molecule has 188 valence electrons. The van der Waals surface area contributed by atoms with Crippen LogP contribution in [0.25, 0.3) is 22.0 Å². The van der Waals surface area contributed by atoms with Crippen molar-refractivity contribution in [3.8, 4) is 11.3 Å². The molecule has 2 aromatic heterocycles. The van der Waals surface area contributed by atoms with Crippen LogP contribution in [0.2, 0.25) is 5.02 Å². The van der Waals surface area contributed by atoms with Gasteiger partial charge in [0.15, 0.2) is 0 Å². The second-order valence-corrected chi connectivity index (χ2v) is 10.2. The first kappa shape index (κ1) is 24.0. The first-order valence-corrected chi connectivity index (χ1v) is 13.3. The molecule has 4 aromatic rings. The highest BCUT2D eigenvalue weighted by Gasteiger charge is 2.33. The van der Waals surface area contributed by atoms with E-state index in [0.29, 0.717) is 25.4 Å². The zero-order chi connectivity index (χ0) is 25.0. The molecule has 2 fully saturated rings. The molecule has 2 bridgehead atoms. The van der Waals surface area contributed by atoms with Gasteiger partial charge in [-0.05, 0) is 54.5 Å². The number of piperazine rings is 1. The molecule has 2 aliphatic rings. The third-order valence-corrected chi connectivity index (χ3v) is 7.55. The van der Waals surface area contributed by atoms with E-state index in [9.17, 15) is 0 Å². The second kappa shape index (κ2) is 11.0. The van der Waals surface area contributed by atoms with Crippen molar-refractivity contribution < 1.29 is 4.74 Å². The van der Waals surface area contributed by atoms with Gasteiger partial charge in [0.25, 0.3) is 0 Å². The van der Waals surface area contributed by atoms with E-state index in [4.69, 9.17) is 26.3 Å². The van der Waals surface area contributed by atoms with Crippen molar-refractivity contribution in [3.63, 3.8) is 0 Å². The van der Waals surface area contributed by atoms with Crippen LogP contribution in [0.4, 0.5) is 0 Å². The van der Waals surface area contributed by atoms with Crippen LogP contribution in [0.1, 0.15) is 24.0 Å². The maximum Gasteiger partial charge on any atom is 0.139 e. The Morgan fingerprint density at radius 2 is 1.84 bits per heavy atom. The predicted octanol–water partition coefficient (Wildman–Crippen LogP) is 5.35. The Labute approximate surface area is 222 Å². The number of likely N-dealkylation sites (tertiary alicyclic amines) is 1. The molecular weight excluding hydrogens is 482 g/mol. The number of hydrogen-bond donors (Lipinski definition) is 1. The van der Waals surface area contributed by atoms with Gasteiger partial charge in [-0.25, -0.2) is 4.99 Å². The first-order chi connectivity index (χ1) is 18.2. The summed E-state index contributed by atoms with van der Waals surface area (Å²) >= 11 is 6.57. The lowest BCUT2D eigenvalue weighted by Crippen LogP contribution is -2.53. The minimum absolute atomic E-state index is 0.315. The molecule has 6 nitrogen and oxygen atoms in total. The summed E-state index contributed by atoms with van der Waals surface area (Å²) < 4.78 is 5.91. The van der Waals surface area contributed by atoms with Gasteiger partial charge in [0.1, 0.15) is 12.6 Å². The Bertz CT molecular complexity index is 1380. The van der Waals surface area contributed by atoms with Crippen molar-refractivity contribution in [2.45, 2.75) is 31.3 Å². The molecule has 2 aliphatic heterocycles. The van der Waals surface area contributed by atoms with Gasteiger partial charge in [0.2, 0.25) is 0 Å². The minimum Gasteiger partial charge on any atom is -0.359 e. The molecule has 4 heterocycles. The molecule has 0 radical (unpaired) electrons. The number of rotatable bonds is 7. The van der Waals surface area contributed by atoms with Gasteiger partial charge in [-0.3, -0.25) is 9.97 Å². The van der Waals surface area contributed by atoms with Crippen LogP contribution in [0, 0.1) is 0 Å². The lowest BCUT2D eigenvalue weighted by molar-refractivity contribution is 0.144. The molecule has 37 heavy (non-hydrogen) atoms. The highest BCUT2D eigenvalue weighted by molar-refractivity contribution is 6.36. The number of benzene rings is 2. The number of ether oxygens (including phenoxy) is 1. The van der Waals surface area contributed by atoms with Gasteiger partial charge in [0, 0.05) is 65.3 Å². The summed E-state index contributed by atoms with van der Waals surface area (Å²) in [5.74, 6) is 0.953. The molecule has 0 amide bonds. The maximum absolute atomic E-state index is 6.57. The van der Waals surface area contributed by atoms with Gasteiger partial charge < -0.3 is 15.0 Å². The van der Waals surface area contributed by atoms with Crippen LogP contribution in [0.3, 0.4) is 0 Å². The molecule has 2 aromatic carbocycles. The third kappa shape index (κ3) is 5.37. The molecule has 6 rings (SSSR count). The fourth-order valence-corrected chi connectivity index (χ4v) is 5.73. The Morgan fingerprint density at radius 3 is 2.59 bits per heavy atom. The fourth-order valence-electron chi connectivity index (χ4n) is 5.45. The molecule has 0 spiro atoms. The Hall–Kier alpha value is -3.32. The van der Waals surface area contributed by atoms with Crippen molar-refractivity contribution in [3.05, 3.63) is 95.4 Å². The van der Waals surface area contributed by atoms with E-state index in [0.717, 1.165) is 58.0 Å². The Kier molecular flexibility index (Phi) is 7.13. The van der Waals surface area contributed by atoms with E-state index in [1.54, 1.807) is 6.20 Å². The topological polar surface area (TPSA) is 62.6 Å². The van der Waals surface area contributed by atoms with Gasteiger partial charge in [-0.15, -0.1) is 0 Å². The highest BCUT2D eigenvalue weighted by Crippen LogP contribution is 2.33. The van der Waals surface area contributed by atoms with Crippen LogP contribution in [-0.4, -0.2) is 59.2 Å². The Morgan fingerprint density at radius 1 is 1.00 bits per heavy atom. The number of fused-ring (bicyclic) bond motifs is 3. The summed E-state index contributed by atoms with van der Waals surface area (Å²) in [7, 11) is 0. The first-order valence-electron chi connectivity index (χ1n) is 12.9. The van der Waals surface area contributed by atoms with E-state index in [-0.39, 0.29) is 0 Å². The summed E-state index contributed by atoms with van der Waals surface area (Å²) in [6, 6.07) is 21.4. The average molecular weight is 512 g/mol. The van der Waals surface area contributed by atoms with Crippen LogP contribution < -0.4 is 5.32 Å². The van der Waals surface area contributed by atoms with E-state index >= 15 is 0 Å². The summed E-state index contributed by atoms with van der Waals surface area (Å²) in [5.41, 5.74) is 4.10. The monoisotopic (exact) mass is 511 g/mol. The number of amidine groups is 1. The zero-order valence-corrected chi connectivity index (χ0v) is 21.4. The maximum atomic E-state index is 6.57. The molecule has 2 saturated heterocycles. The lowest BCUT2D eigenvalue weighted by atomic mass is 10.0. The molecular formula is C30H30ClN5O. The summed E-state index contributed by atoms with van der Waals surface area (Å²) in [5, 5.41) is 6.59. The molecule has 2 unspecified atom stereocenters. The standard InChI is InChI=1S/C30H30ClN5O/c31-27-8-2-6-22-5-1-7-26(29(22)27)28-12-9-23(17-33-28)30(36-18-24-10-11-25(19-36)35-24)34-20-37-15-13-21-4-3-14-32-16-21/h1-9,12,14,16-17,24-25,35H,10-11,13,15,18-20H2/b34-30+. The number of hydrogen-bond acceptors (Lipinski definition) is 5. The highest BCUT2D eigenvalue weighted by atomic mass is 35.5. The molecule has 0 saturated carbocycles. The molecule has 2 atom stereocenters. The molecule has 7 heteroatoms. The summed E-state index contributed by atoms with van der Waals surface area (Å²) in [6.45, 7) is 2.82. The molecule has 0 aliphatic carbocycles. The van der Waals surface area contributed by atoms with E-state index in [1.807, 2.05) is 30.6 Å². The fraction of sp³-hybridized carbons (Fsp3) is 0.300. The van der Waals surface area contributed by atoms with Crippen molar-refractivity contribution in [2.24, 2.45) is 4.99 Å². The number of nitrogens with zero attached hydrogens (tertiary/aromatic N) is 4. The third-order valence-electron chi connectivity index (χ3n) is 7.23. The normalized spacial score (nSPS) is 19.5. The van der Waals surface area contributed by atoms with Crippen LogP contribution in [-0.2, 0) is 11.2 Å². The van der Waals surface area contributed by atoms with Gasteiger partial charge in [-0.2, -0.15) is 0 Å². The minimum atomic E-state index is 0.315. The van der Waals surface area contributed by atoms with Crippen molar-refractivity contribution >= 4 is 28.2 Å². The molecule has 1 N–H and O–H groups in total. The number of aliphatic imine (C=N–C) groups is 1. The van der Waals surface area contributed by atoms with Crippen molar-refractivity contribution in [1.82, 2.24) is 20.2 Å². The van der Waals surface area contributed by atoms with Crippen LogP contribution in [0.5, 0.6) is 0 Å². The van der Waals surface area contributed by atoms with Crippen molar-refractivity contribution in [1.29, 1.82) is 0 Å². The lowest BCUT2D eigenvalue weighted by Gasteiger charge is -2.35. The number of halogens is 1. The summed E-state index contributed by atoms with van der Waals surface area (Å²) in [6.07, 6.45) is 8.86. The largest absolute Gasteiger partial charge is 0.359 e. The number of pyridine rings is 2. The zero-order valence-electron chi connectivity index (χ0n) is 20.7. The summed E-state index contributed by atoms with van der Waals surface area (Å²) in [4.78, 5) is 16.4. The predicted molar refractivity (Wildman–Crippen MR) is 149 cm³/mol. The van der Waals surface area contributed by atoms with Crippen LogP contribution >= 0.6 is 11.6 Å². The number of nitrogens with one attached hydrogen (secondary N) is 1. The van der Waals surface area contributed by atoms with Gasteiger partial charge >= 0.3 is 0 Å². The van der Waals surface area contributed by atoms with Crippen molar-refractivity contribution in [2.75, 3.05) is 26.4 Å².